The quantitative estimate of drug-likeness (QED) is 0.699. The molecule has 17 heavy (non-hydrogen) atoms. The molecular formula is C12H16N4O. The lowest BCUT2D eigenvalue weighted by Crippen LogP contribution is -2.19. The zero-order chi connectivity index (χ0) is 12.1. The summed E-state index contributed by atoms with van der Waals surface area (Å²) in [6, 6.07) is 7.61. The molecule has 4 N–H and O–H groups in total. The number of amidine groups is 1. The van der Waals surface area contributed by atoms with Gasteiger partial charge in [0, 0.05) is 30.8 Å². The topological polar surface area (TPSA) is 79.5 Å². The molecule has 0 saturated heterocycles. The van der Waals surface area contributed by atoms with Crippen molar-refractivity contribution in [3.8, 4) is 0 Å². The molecule has 0 saturated carbocycles. The zero-order valence-electron chi connectivity index (χ0n) is 9.57. The molecule has 2 rings (SSSR count). The number of benzene rings is 1. The molecule has 0 fully saturated rings. The maximum Gasteiger partial charge on any atom is 0.225 e. The Morgan fingerprint density at radius 2 is 2.18 bits per heavy atom. The lowest BCUT2D eigenvalue weighted by atomic mass is 10.2. The van der Waals surface area contributed by atoms with Crippen LogP contribution in [0.3, 0.4) is 0 Å². The van der Waals surface area contributed by atoms with Crippen molar-refractivity contribution >= 4 is 17.4 Å². The van der Waals surface area contributed by atoms with E-state index in [4.69, 9.17) is 5.73 Å². The van der Waals surface area contributed by atoms with Gasteiger partial charge in [0.25, 0.3) is 0 Å². The number of nitrogens with one attached hydrogen (secondary N) is 2. The van der Waals surface area contributed by atoms with E-state index >= 15 is 0 Å². The summed E-state index contributed by atoms with van der Waals surface area (Å²) in [4.78, 5) is 15.7. The summed E-state index contributed by atoms with van der Waals surface area (Å²) >= 11 is 0. The predicted molar refractivity (Wildman–Crippen MR) is 68.1 cm³/mol. The molecule has 1 aromatic carbocycles. The van der Waals surface area contributed by atoms with Crippen LogP contribution < -0.4 is 16.4 Å². The molecule has 0 bridgehead atoms. The van der Waals surface area contributed by atoms with Crippen molar-refractivity contribution in [1.82, 2.24) is 5.32 Å². The van der Waals surface area contributed by atoms with Crippen LogP contribution in [-0.2, 0) is 4.79 Å². The third-order valence-electron chi connectivity index (χ3n) is 2.49. The van der Waals surface area contributed by atoms with Gasteiger partial charge < -0.3 is 16.4 Å². The van der Waals surface area contributed by atoms with E-state index in [0.717, 1.165) is 30.2 Å². The average Bonchev–Trinajstić information content (AvgIpc) is 2.84. The fourth-order valence-electron chi connectivity index (χ4n) is 1.66. The molecular weight excluding hydrogens is 216 g/mol. The number of nitrogens with zero attached hydrogens (tertiary/aromatic N) is 1. The third-order valence-corrected chi connectivity index (χ3v) is 2.49. The second kappa shape index (κ2) is 5.45. The predicted octanol–water partition coefficient (Wildman–Crippen LogP) is 0.324. The lowest BCUT2D eigenvalue weighted by Gasteiger charge is -2.06. The van der Waals surface area contributed by atoms with Gasteiger partial charge in [0.2, 0.25) is 5.91 Å². The lowest BCUT2D eigenvalue weighted by molar-refractivity contribution is -0.116. The highest BCUT2D eigenvalue weighted by atomic mass is 16.1. The van der Waals surface area contributed by atoms with Crippen LogP contribution in [0.15, 0.2) is 29.3 Å². The van der Waals surface area contributed by atoms with Gasteiger partial charge in [-0.3, -0.25) is 9.79 Å². The van der Waals surface area contributed by atoms with Gasteiger partial charge in [-0.2, -0.15) is 0 Å². The van der Waals surface area contributed by atoms with Gasteiger partial charge >= 0.3 is 0 Å². The second-order valence-electron chi connectivity index (χ2n) is 3.82. The summed E-state index contributed by atoms with van der Waals surface area (Å²) in [5.41, 5.74) is 7.13. The van der Waals surface area contributed by atoms with Crippen molar-refractivity contribution < 1.29 is 4.79 Å². The molecule has 0 aliphatic carbocycles. The van der Waals surface area contributed by atoms with Crippen LogP contribution in [-0.4, -0.2) is 31.4 Å². The van der Waals surface area contributed by atoms with Gasteiger partial charge in [0.05, 0.1) is 6.54 Å². The summed E-state index contributed by atoms with van der Waals surface area (Å²) in [6.07, 6.45) is 0.343. The number of carbonyl (C=O) groups excluding carboxylic acids is 1. The Bertz CT molecular complexity index is 425. The Kier molecular flexibility index (Phi) is 3.72. The minimum Gasteiger partial charge on any atom is -0.368 e. The van der Waals surface area contributed by atoms with E-state index in [1.807, 2.05) is 24.3 Å². The van der Waals surface area contributed by atoms with E-state index in [9.17, 15) is 4.79 Å². The summed E-state index contributed by atoms with van der Waals surface area (Å²) < 4.78 is 0. The van der Waals surface area contributed by atoms with Gasteiger partial charge in [-0.25, -0.2) is 0 Å². The molecule has 0 radical (unpaired) electrons. The molecule has 1 aliphatic heterocycles. The van der Waals surface area contributed by atoms with E-state index in [-0.39, 0.29) is 5.91 Å². The summed E-state index contributed by atoms with van der Waals surface area (Å²) in [5, 5.41) is 5.98. The maximum absolute atomic E-state index is 11.3. The fourth-order valence-corrected chi connectivity index (χ4v) is 1.66. The Hall–Kier alpha value is -1.88. The molecule has 1 aromatic rings. The van der Waals surface area contributed by atoms with Gasteiger partial charge in [-0.15, -0.1) is 0 Å². The molecule has 1 aliphatic rings. The summed E-state index contributed by atoms with van der Waals surface area (Å²) in [5.74, 6) is 0.862. The normalized spacial score (nSPS) is 14.1. The van der Waals surface area contributed by atoms with Crippen molar-refractivity contribution in [3.05, 3.63) is 29.8 Å². The summed E-state index contributed by atoms with van der Waals surface area (Å²) in [7, 11) is 0. The van der Waals surface area contributed by atoms with Crippen LogP contribution in [0.4, 0.5) is 5.69 Å². The van der Waals surface area contributed by atoms with E-state index < -0.39 is 0 Å². The van der Waals surface area contributed by atoms with Crippen LogP contribution in [0.2, 0.25) is 0 Å². The maximum atomic E-state index is 11.3. The van der Waals surface area contributed by atoms with E-state index in [2.05, 4.69) is 15.6 Å². The first-order valence-corrected chi connectivity index (χ1v) is 5.68. The molecule has 1 amide bonds. The van der Waals surface area contributed by atoms with Crippen LogP contribution in [0, 0.1) is 0 Å². The van der Waals surface area contributed by atoms with Crippen LogP contribution in [0.5, 0.6) is 0 Å². The number of nitrogens with two attached hydrogens (primary N) is 1. The van der Waals surface area contributed by atoms with Crippen molar-refractivity contribution in [3.63, 3.8) is 0 Å². The molecule has 1 heterocycles. The van der Waals surface area contributed by atoms with Gasteiger partial charge in [0.1, 0.15) is 5.84 Å². The van der Waals surface area contributed by atoms with Gasteiger partial charge in [0.15, 0.2) is 0 Å². The number of aliphatic imine (C=N–C) groups is 1. The van der Waals surface area contributed by atoms with E-state index in [1.165, 1.54) is 0 Å². The number of carbonyl (C=O) groups is 1. The zero-order valence-corrected chi connectivity index (χ0v) is 9.57. The standard InChI is InChI=1S/C12H16N4O/c13-6-5-11(17)16-10-3-1-9(2-4-10)12-14-7-8-15-12/h1-4H,5-8,13H2,(H,14,15)(H,16,17). The number of amides is 1. The largest absolute Gasteiger partial charge is 0.368 e. The first-order valence-electron chi connectivity index (χ1n) is 5.68. The van der Waals surface area contributed by atoms with E-state index in [0.29, 0.717) is 13.0 Å². The van der Waals surface area contributed by atoms with Crippen LogP contribution in [0.1, 0.15) is 12.0 Å². The van der Waals surface area contributed by atoms with Crippen molar-refractivity contribution in [2.75, 3.05) is 25.0 Å². The number of anilines is 1. The van der Waals surface area contributed by atoms with Gasteiger partial charge in [-0.1, -0.05) is 0 Å². The first-order chi connectivity index (χ1) is 8.29. The molecule has 0 atom stereocenters. The highest BCUT2D eigenvalue weighted by Gasteiger charge is 2.07. The number of hydrogen-bond acceptors (Lipinski definition) is 4. The Labute approximate surface area is 100 Å². The second-order valence-corrected chi connectivity index (χ2v) is 3.82. The molecule has 90 valence electrons. The molecule has 0 aromatic heterocycles. The molecule has 0 spiro atoms. The highest BCUT2D eigenvalue weighted by molar-refractivity contribution is 6.00. The third kappa shape index (κ3) is 3.04. The molecule has 0 unspecified atom stereocenters. The molecule has 5 heteroatoms. The fraction of sp³-hybridized carbons (Fsp3) is 0.333. The summed E-state index contributed by atoms with van der Waals surface area (Å²) in [6.45, 7) is 2.08. The Balaban J connectivity index is 2.00. The van der Waals surface area contributed by atoms with Crippen molar-refractivity contribution in [2.45, 2.75) is 6.42 Å². The van der Waals surface area contributed by atoms with Crippen LogP contribution in [0.25, 0.3) is 0 Å². The monoisotopic (exact) mass is 232 g/mol. The average molecular weight is 232 g/mol. The minimum absolute atomic E-state index is 0.0587. The minimum atomic E-state index is -0.0587. The molecule has 5 nitrogen and oxygen atoms in total. The van der Waals surface area contributed by atoms with Crippen molar-refractivity contribution in [2.24, 2.45) is 10.7 Å². The highest BCUT2D eigenvalue weighted by Crippen LogP contribution is 2.11. The van der Waals surface area contributed by atoms with Gasteiger partial charge in [-0.05, 0) is 24.3 Å². The number of rotatable bonds is 4. The Morgan fingerprint density at radius 1 is 1.41 bits per heavy atom. The SMILES string of the molecule is NCCC(=O)Nc1ccc(C2=NCCN2)cc1. The van der Waals surface area contributed by atoms with Crippen LogP contribution >= 0.6 is 0 Å². The van der Waals surface area contributed by atoms with E-state index in [1.54, 1.807) is 0 Å². The van der Waals surface area contributed by atoms with Crippen molar-refractivity contribution in [1.29, 1.82) is 0 Å². The first kappa shape index (κ1) is 11.6. The Morgan fingerprint density at radius 3 is 2.76 bits per heavy atom. The number of hydrogen-bond donors (Lipinski definition) is 3. The smallest absolute Gasteiger partial charge is 0.225 e.